The van der Waals surface area contributed by atoms with Gasteiger partial charge in [0, 0.05) is 0 Å². The second-order valence-corrected chi connectivity index (χ2v) is 0.408. The minimum atomic E-state index is 0. The van der Waals surface area contributed by atoms with Gasteiger partial charge < -0.3 is 35.9 Å². The molecule has 0 aromatic heterocycles. The Hall–Kier alpha value is 1.47. The molecule has 0 fully saturated rings. The fourth-order valence-electron chi connectivity index (χ4n) is 0. The van der Waals surface area contributed by atoms with E-state index in [4.69, 9.17) is 21.1 Å². The van der Waals surface area contributed by atoms with Gasteiger partial charge in [-0.05, 0) is 0 Å². The maximum atomic E-state index is 8.68. The minimum Gasteiger partial charge on any atom is -0.680 e. The fourth-order valence-corrected chi connectivity index (χ4v) is 0. The Labute approximate surface area is 170 Å². The Kier molecular flexibility index (Phi) is 3100. The Morgan fingerprint density at radius 2 is 0.611 bits per heavy atom. The van der Waals surface area contributed by atoms with Crippen molar-refractivity contribution in [2.75, 3.05) is 14.1 Å². The van der Waals surface area contributed by atoms with E-state index in [9.17, 15) is 0 Å². The molecule has 0 aromatic carbocycles. The van der Waals surface area contributed by atoms with Gasteiger partial charge in [0.1, 0.15) is 0 Å². The molecular weight excluding hydrogens is 382 g/mol. The molecule has 0 unspecified atom stereocenters. The summed E-state index contributed by atoms with van der Waals surface area (Å²) < 4.78 is 0. The summed E-state index contributed by atoms with van der Waals surface area (Å²) in [5.74, 6) is 0. The summed E-state index contributed by atoms with van der Waals surface area (Å²) in [5.41, 5.74) is 11.5. The van der Waals surface area contributed by atoms with Gasteiger partial charge in [-0.3, -0.25) is 12.6 Å². The van der Waals surface area contributed by atoms with Crippen LogP contribution in [0.5, 0.6) is 0 Å². The van der Waals surface area contributed by atoms with Gasteiger partial charge in [0.15, 0.2) is 0 Å². The van der Waals surface area contributed by atoms with Crippen molar-refractivity contribution in [2.45, 2.75) is 43.6 Å². The van der Waals surface area contributed by atoms with Crippen molar-refractivity contribution in [3.8, 4) is 0 Å². The Bertz CT molecular complexity index is 47.1. The molecule has 6 heteroatoms. The topological polar surface area (TPSA) is 81.7 Å². The number of rotatable bonds is 0. The number of hydrogen-bond donors (Lipinski definition) is 0. The summed E-state index contributed by atoms with van der Waals surface area (Å²) in [4.78, 5) is 17.4. The van der Waals surface area contributed by atoms with Crippen LogP contribution in [0.15, 0.2) is 0 Å². The molecule has 0 aromatic rings. The number of nitrogens with one attached hydrogen (secondary N) is 2. The first-order chi connectivity index (χ1) is 4.83. The van der Waals surface area contributed by atoms with E-state index < -0.39 is 0 Å². The van der Waals surface area contributed by atoms with Gasteiger partial charge in [-0.15, -0.1) is 0 Å². The van der Waals surface area contributed by atoms with Crippen LogP contribution in [-0.4, -0.2) is 26.7 Å². The van der Waals surface area contributed by atoms with E-state index in [2.05, 4.69) is 0 Å². The summed E-state index contributed by atoms with van der Waals surface area (Å²) >= 11 is 0. The van der Waals surface area contributed by atoms with Crippen molar-refractivity contribution in [1.29, 1.82) is 0 Å². The van der Waals surface area contributed by atoms with Gasteiger partial charge in [-0.2, -0.15) is 27.9 Å². The second-order valence-electron chi connectivity index (χ2n) is 0.408. The average Bonchev–Trinajstić information content (AvgIpc) is 1.99. The average molecular weight is 418 g/mol. The Balaban J connectivity index is -0.00000000235. The van der Waals surface area contributed by atoms with Crippen LogP contribution in [-0.2, 0) is 75.0 Å². The quantitative estimate of drug-likeness (QED) is 0.519. The van der Waals surface area contributed by atoms with Crippen LogP contribution in [0.3, 0.4) is 0 Å². The van der Waals surface area contributed by atoms with Crippen molar-refractivity contribution < 1.29 is 75.0 Å². The molecule has 0 bridgehead atoms. The first-order valence-electron chi connectivity index (χ1n) is 2.41. The van der Waals surface area contributed by atoms with Gasteiger partial charge in [-0.1, -0.05) is 29.7 Å². The van der Waals surface area contributed by atoms with E-state index in [0.29, 0.717) is 0 Å². The third kappa shape index (κ3) is 2200. The molecule has 18 heavy (non-hydrogen) atoms. The molecule has 0 saturated carbocycles. The SMILES string of the molecule is C.C.C.C.C[C-]=O.C[C-]=O.C[NH-].C[NH-].[CH3-].[CH3-].[Y+3].[Y+3]. The van der Waals surface area contributed by atoms with Crippen molar-refractivity contribution in [1.82, 2.24) is 0 Å². The van der Waals surface area contributed by atoms with Crippen LogP contribution in [0.4, 0.5) is 0 Å². The maximum Gasteiger partial charge on any atom is 3.00 e. The second kappa shape index (κ2) is 469. The molecule has 0 amide bonds. The van der Waals surface area contributed by atoms with Crippen LogP contribution in [0, 0.1) is 14.9 Å². The molecule has 0 heterocycles. The van der Waals surface area contributed by atoms with Gasteiger partial charge in [-0.25, -0.2) is 0 Å². The smallest absolute Gasteiger partial charge is 0.680 e. The zero-order valence-corrected chi connectivity index (χ0v) is 15.6. The zero-order chi connectivity index (χ0) is 9.41. The van der Waals surface area contributed by atoms with E-state index in [1.165, 1.54) is 40.5 Å². The van der Waals surface area contributed by atoms with Crippen LogP contribution >= 0.6 is 0 Å². The molecule has 0 aliphatic heterocycles. The van der Waals surface area contributed by atoms with Crippen LogP contribution in [0.25, 0.3) is 11.5 Å². The van der Waals surface area contributed by atoms with Crippen molar-refractivity contribution in [3.05, 3.63) is 26.3 Å². The summed E-state index contributed by atoms with van der Waals surface area (Å²) in [6, 6.07) is 0. The zero-order valence-electron chi connectivity index (χ0n) is 9.97. The first kappa shape index (κ1) is 119. The molecule has 2 N–H and O–H groups in total. The predicted molar refractivity (Wildman–Crippen MR) is 83.0 cm³/mol. The molecule has 0 saturated heterocycles. The molecule has 0 aliphatic rings. The van der Waals surface area contributed by atoms with Crippen LogP contribution < -0.4 is 0 Å². The Morgan fingerprint density at radius 1 is 0.611 bits per heavy atom. The van der Waals surface area contributed by atoms with Gasteiger partial charge in [0.2, 0.25) is 0 Å². The van der Waals surface area contributed by atoms with Crippen molar-refractivity contribution >= 4 is 12.6 Å². The number of carbonyl (C=O) groups excluding carboxylic acids is 2. The summed E-state index contributed by atoms with van der Waals surface area (Å²) in [7, 11) is 2.50. The molecular formula is C12H36N2O2Y2. The third-order valence-corrected chi connectivity index (χ3v) is 0. The van der Waals surface area contributed by atoms with Gasteiger partial charge in [0.05, 0.1) is 0 Å². The van der Waals surface area contributed by atoms with E-state index in [0.717, 1.165) is 0 Å². The van der Waals surface area contributed by atoms with Gasteiger partial charge in [0.25, 0.3) is 0 Å². The molecule has 0 radical (unpaired) electrons. The van der Waals surface area contributed by atoms with E-state index in [1.807, 2.05) is 0 Å². The number of hydrogen-bond acceptors (Lipinski definition) is 2. The van der Waals surface area contributed by atoms with E-state index in [-0.39, 0.29) is 110 Å². The molecule has 0 spiro atoms. The van der Waals surface area contributed by atoms with Crippen LogP contribution in [0.1, 0.15) is 43.6 Å². The normalized spacial score (nSPS) is 2.11. The maximum absolute atomic E-state index is 8.68. The molecule has 0 rings (SSSR count). The summed E-state index contributed by atoms with van der Waals surface area (Å²) in [5, 5.41) is 0. The minimum absolute atomic E-state index is 0. The molecule has 112 valence electrons. The molecule has 0 atom stereocenters. The molecule has 4 nitrogen and oxygen atoms in total. The van der Waals surface area contributed by atoms with Crippen molar-refractivity contribution in [2.24, 2.45) is 0 Å². The standard InChI is InChI=1S/2C2H3O.2CH4N.4CH4.2CH3.2Y/c2*1-2-3;2*1-2;;;;;;;;/h2*1H3;2*2H,1H3;4*1H4;2*1H3;;/q4*-1;;;;;2*-1;2*+3. The predicted octanol–water partition coefficient (Wildman–Crippen LogP) is 5.01. The van der Waals surface area contributed by atoms with Crippen molar-refractivity contribution in [3.63, 3.8) is 0 Å². The third-order valence-electron chi connectivity index (χ3n) is 0. The van der Waals surface area contributed by atoms with Gasteiger partial charge >= 0.3 is 65.4 Å². The van der Waals surface area contributed by atoms with E-state index in [1.54, 1.807) is 0 Å². The van der Waals surface area contributed by atoms with Crippen LogP contribution in [0.2, 0.25) is 0 Å². The first-order valence-corrected chi connectivity index (χ1v) is 2.41. The monoisotopic (exact) mass is 418 g/mol. The fraction of sp³-hybridized carbons (Fsp3) is 0.667. The van der Waals surface area contributed by atoms with E-state index >= 15 is 0 Å². The largest absolute Gasteiger partial charge is 3.00 e. The molecule has 0 aliphatic carbocycles. The summed E-state index contributed by atoms with van der Waals surface area (Å²) in [6.45, 7) is 2.64. The summed E-state index contributed by atoms with van der Waals surface area (Å²) in [6.07, 6.45) is 3.00. The Morgan fingerprint density at radius 3 is 0.611 bits per heavy atom.